The molecule has 2 aromatic rings. The Hall–Kier alpha value is -2.89. The maximum atomic E-state index is 13.9. The standard InChI is InChI=1S/C20H22FN3O2/c1-14(25)22-16-5-4-6-17(13-16)23-20(26)15-9-11-24(12-10-15)19-8-3-2-7-18(19)21/h2-8,13,15H,9-12H2,1H3,(H,22,25)(H,23,26). The minimum atomic E-state index is -0.231. The van der Waals surface area contributed by atoms with Crippen LogP contribution in [0.1, 0.15) is 19.8 Å². The molecule has 3 rings (SSSR count). The topological polar surface area (TPSA) is 61.4 Å². The summed E-state index contributed by atoms with van der Waals surface area (Å²) >= 11 is 0. The highest BCUT2D eigenvalue weighted by Crippen LogP contribution is 2.26. The highest BCUT2D eigenvalue weighted by atomic mass is 19.1. The Bertz CT molecular complexity index is 801. The molecule has 1 aliphatic rings. The fraction of sp³-hybridized carbons (Fsp3) is 0.300. The van der Waals surface area contributed by atoms with Crippen LogP contribution in [0.2, 0.25) is 0 Å². The van der Waals surface area contributed by atoms with Crippen molar-refractivity contribution in [2.75, 3.05) is 28.6 Å². The van der Waals surface area contributed by atoms with Crippen LogP contribution in [-0.2, 0) is 9.59 Å². The van der Waals surface area contributed by atoms with Gasteiger partial charge in [-0.15, -0.1) is 0 Å². The summed E-state index contributed by atoms with van der Waals surface area (Å²) in [4.78, 5) is 25.6. The first-order valence-corrected chi connectivity index (χ1v) is 8.71. The number of rotatable bonds is 4. The van der Waals surface area contributed by atoms with E-state index < -0.39 is 0 Å². The smallest absolute Gasteiger partial charge is 0.227 e. The molecule has 0 saturated carbocycles. The summed E-state index contributed by atoms with van der Waals surface area (Å²) in [6, 6.07) is 13.8. The van der Waals surface area contributed by atoms with E-state index >= 15 is 0 Å². The maximum Gasteiger partial charge on any atom is 0.227 e. The molecule has 0 atom stereocenters. The van der Waals surface area contributed by atoms with Gasteiger partial charge in [-0.1, -0.05) is 18.2 Å². The summed E-state index contributed by atoms with van der Waals surface area (Å²) in [5, 5.41) is 5.60. The predicted octanol–water partition coefficient (Wildman–Crippen LogP) is 3.64. The van der Waals surface area contributed by atoms with Crippen molar-refractivity contribution in [1.29, 1.82) is 0 Å². The molecule has 26 heavy (non-hydrogen) atoms. The van der Waals surface area contributed by atoms with Gasteiger partial charge in [0.15, 0.2) is 0 Å². The predicted molar refractivity (Wildman–Crippen MR) is 101 cm³/mol. The molecule has 0 aromatic heterocycles. The summed E-state index contributed by atoms with van der Waals surface area (Å²) in [5.41, 5.74) is 1.89. The van der Waals surface area contributed by atoms with Crippen molar-refractivity contribution in [2.24, 2.45) is 5.92 Å². The van der Waals surface area contributed by atoms with Gasteiger partial charge < -0.3 is 15.5 Å². The van der Waals surface area contributed by atoms with E-state index in [1.54, 1.807) is 36.4 Å². The molecular weight excluding hydrogens is 333 g/mol. The molecule has 1 fully saturated rings. The Kier molecular flexibility index (Phi) is 5.51. The van der Waals surface area contributed by atoms with Crippen molar-refractivity contribution in [1.82, 2.24) is 0 Å². The minimum absolute atomic E-state index is 0.0434. The SMILES string of the molecule is CC(=O)Nc1cccc(NC(=O)C2CCN(c3ccccc3F)CC2)c1. The number of amides is 2. The molecule has 0 spiro atoms. The number of para-hydroxylation sites is 1. The van der Waals surface area contributed by atoms with Gasteiger partial charge in [-0.3, -0.25) is 9.59 Å². The van der Waals surface area contributed by atoms with Gasteiger partial charge >= 0.3 is 0 Å². The highest BCUT2D eigenvalue weighted by Gasteiger charge is 2.26. The maximum absolute atomic E-state index is 13.9. The lowest BCUT2D eigenvalue weighted by atomic mass is 9.95. The van der Waals surface area contributed by atoms with Crippen LogP contribution in [0.15, 0.2) is 48.5 Å². The molecule has 136 valence electrons. The van der Waals surface area contributed by atoms with Crippen molar-refractivity contribution < 1.29 is 14.0 Å². The van der Waals surface area contributed by atoms with Crippen molar-refractivity contribution >= 4 is 28.9 Å². The quantitative estimate of drug-likeness (QED) is 0.880. The van der Waals surface area contributed by atoms with Crippen molar-refractivity contribution in [3.05, 3.63) is 54.3 Å². The summed E-state index contributed by atoms with van der Waals surface area (Å²) in [6.45, 7) is 2.73. The summed E-state index contributed by atoms with van der Waals surface area (Å²) in [5.74, 6) is -0.542. The fourth-order valence-corrected chi connectivity index (χ4v) is 3.21. The molecule has 0 unspecified atom stereocenters. The second-order valence-electron chi connectivity index (χ2n) is 6.46. The molecule has 2 amide bonds. The van der Waals surface area contributed by atoms with Gasteiger partial charge in [0.2, 0.25) is 11.8 Å². The summed E-state index contributed by atoms with van der Waals surface area (Å²) < 4.78 is 13.9. The number of piperidine rings is 1. The van der Waals surface area contributed by atoms with Gasteiger partial charge in [0.25, 0.3) is 0 Å². The zero-order valence-electron chi connectivity index (χ0n) is 14.7. The Morgan fingerprint density at radius 3 is 2.31 bits per heavy atom. The first kappa shape index (κ1) is 17.9. The lowest BCUT2D eigenvalue weighted by Gasteiger charge is -2.33. The summed E-state index contributed by atoms with van der Waals surface area (Å²) in [6.07, 6.45) is 1.34. The van der Waals surface area contributed by atoms with Crippen LogP contribution in [0.5, 0.6) is 0 Å². The van der Waals surface area contributed by atoms with Gasteiger partial charge in [-0.25, -0.2) is 4.39 Å². The van der Waals surface area contributed by atoms with Crippen LogP contribution in [-0.4, -0.2) is 24.9 Å². The average Bonchev–Trinajstić information content (AvgIpc) is 2.62. The molecule has 2 aromatic carbocycles. The Balaban J connectivity index is 1.57. The molecule has 0 radical (unpaired) electrons. The zero-order chi connectivity index (χ0) is 18.5. The van der Waals surface area contributed by atoms with Crippen LogP contribution >= 0.6 is 0 Å². The van der Waals surface area contributed by atoms with E-state index in [1.165, 1.54) is 13.0 Å². The number of nitrogens with one attached hydrogen (secondary N) is 2. The van der Waals surface area contributed by atoms with E-state index in [2.05, 4.69) is 10.6 Å². The molecule has 1 heterocycles. The second kappa shape index (κ2) is 7.99. The van der Waals surface area contributed by atoms with Crippen molar-refractivity contribution in [2.45, 2.75) is 19.8 Å². The van der Waals surface area contributed by atoms with E-state index in [0.717, 1.165) is 0 Å². The third kappa shape index (κ3) is 4.39. The fourth-order valence-electron chi connectivity index (χ4n) is 3.21. The zero-order valence-corrected chi connectivity index (χ0v) is 14.7. The molecule has 0 aliphatic carbocycles. The van der Waals surface area contributed by atoms with Crippen LogP contribution in [0.3, 0.4) is 0 Å². The van der Waals surface area contributed by atoms with E-state index in [-0.39, 0.29) is 23.5 Å². The molecular formula is C20H22FN3O2. The Morgan fingerprint density at radius 2 is 1.65 bits per heavy atom. The minimum Gasteiger partial charge on any atom is -0.369 e. The average molecular weight is 355 g/mol. The van der Waals surface area contributed by atoms with Crippen molar-refractivity contribution in [3.63, 3.8) is 0 Å². The molecule has 6 heteroatoms. The lowest BCUT2D eigenvalue weighted by Crippen LogP contribution is -2.38. The molecule has 1 aliphatic heterocycles. The number of nitrogens with zero attached hydrogens (tertiary/aromatic N) is 1. The molecule has 0 bridgehead atoms. The highest BCUT2D eigenvalue weighted by molar-refractivity contribution is 5.94. The normalized spacial score (nSPS) is 14.8. The molecule has 2 N–H and O–H groups in total. The number of halogens is 1. The number of carbonyl (C=O) groups excluding carboxylic acids is 2. The van der Waals surface area contributed by atoms with Gasteiger partial charge in [-0.2, -0.15) is 0 Å². The number of hydrogen-bond donors (Lipinski definition) is 2. The van der Waals surface area contributed by atoms with E-state index in [9.17, 15) is 14.0 Å². The van der Waals surface area contributed by atoms with Gasteiger partial charge in [0, 0.05) is 37.3 Å². The Morgan fingerprint density at radius 1 is 1.00 bits per heavy atom. The molecule has 5 nitrogen and oxygen atoms in total. The third-order valence-electron chi connectivity index (χ3n) is 4.51. The van der Waals surface area contributed by atoms with E-state index in [4.69, 9.17) is 0 Å². The number of hydrogen-bond acceptors (Lipinski definition) is 3. The van der Waals surface area contributed by atoms with Crippen molar-refractivity contribution in [3.8, 4) is 0 Å². The van der Waals surface area contributed by atoms with E-state index in [1.807, 2.05) is 11.0 Å². The first-order valence-electron chi connectivity index (χ1n) is 8.71. The van der Waals surface area contributed by atoms with Crippen LogP contribution < -0.4 is 15.5 Å². The number of anilines is 3. The largest absolute Gasteiger partial charge is 0.369 e. The van der Waals surface area contributed by atoms with Gasteiger partial charge in [0.05, 0.1) is 5.69 Å². The monoisotopic (exact) mass is 355 g/mol. The number of carbonyl (C=O) groups is 2. The first-order chi connectivity index (χ1) is 12.5. The van der Waals surface area contributed by atoms with E-state index in [0.29, 0.717) is 43.0 Å². The van der Waals surface area contributed by atoms with Crippen LogP contribution in [0, 0.1) is 11.7 Å². The second-order valence-corrected chi connectivity index (χ2v) is 6.46. The number of benzene rings is 2. The van der Waals surface area contributed by atoms with Crippen LogP contribution in [0.4, 0.5) is 21.5 Å². The van der Waals surface area contributed by atoms with Crippen LogP contribution in [0.25, 0.3) is 0 Å². The Labute approximate surface area is 152 Å². The molecule has 1 saturated heterocycles. The van der Waals surface area contributed by atoms with Gasteiger partial charge in [0.1, 0.15) is 5.82 Å². The van der Waals surface area contributed by atoms with Gasteiger partial charge in [-0.05, 0) is 43.2 Å². The lowest BCUT2D eigenvalue weighted by molar-refractivity contribution is -0.120. The summed E-state index contributed by atoms with van der Waals surface area (Å²) in [7, 11) is 0. The third-order valence-corrected chi connectivity index (χ3v) is 4.51.